The number of fused-ring (bicyclic) bond motifs is 2. The molecule has 6 heteroatoms. The molecule has 6 nitrogen and oxygen atoms in total. The number of rotatable bonds is 3. The van der Waals surface area contributed by atoms with E-state index in [0.29, 0.717) is 11.9 Å². The lowest BCUT2D eigenvalue weighted by molar-refractivity contribution is 0.0996. The number of H-pyrrole nitrogens is 1. The maximum Gasteiger partial charge on any atom is 0.292 e. The van der Waals surface area contributed by atoms with Crippen LogP contribution in [-0.2, 0) is 0 Å². The van der Waals surface area contributed by atoms with Crippen molar-refractivity contribution in [3.63, 3.8) is 0 Å². The van der Waals surface area contributed by atoms with Crippen LogP contribution < -0.4 is 5.32 Å². The monoisotopic (exact) mass is 376 g/mol. The van der Waals surface area contributed by atoms with Crippen LogP contribution in [0.5, 0.6) is 0 Å². The molecule has 144 valence electrons. The van der Waals surface area contributed by atoms with E-state index < -0.39 is 0 Å². The van der Waals surface area contributed by atoms with Gasteiger partial charge in [0.25, 0.3) is 5.91 Å². The molecule has 0 saturated carbocycles. The average Bonchev–Trinajstić information content (AvgIpc) is 3.35. The van der Waals surface area contributed by atoms with Gasteiger partial charge in [-0.25, -0.2) is 4.98 Å². The predicted molar refractivity (Wildman–Crippen MR) is 109 cm³/mol. The van der Waals surface area contributed by atoms with Gasteiger partial charge >= 0.3 is 0 Å². The largest absolute Gasteiger partial charge is 0.459 e. The molecule has 2 aliphatic heterocycles. The summed E-state index contributed by atoms with van der Waals surface area (Å²) in [6, 6.07) is 7.82. The Kier molecular flexibility index (Phi) is 4.49. The highest BCUT2D eigenvalue weighted by Gasteiger charge is 2.25. The molecular weight excluding hydrogens is 352 g/mol. The Balaban J connectivity index is 1.42. The minimum absolute atomic E-state index is 0.277. The summed E-state index contributed by atoms with van der Waals surface area (Å²) in [7, 11) is 0. The number of piperidine rings is 1. The number of aromatic amines is 1. The second-order valence-electron chi connectivity index (χ2n) is 7.64. The number of aromatic nitrogens is 2. The smallest absolute Gasteiger partial charge is 0.292 e. The molecular formula is C22H24N4O2. The summed E-state index contributed by atoms with van der Waals surface area (Å²) < 4.78 is 5.16. The molecule has 28 heavy (non-hydrogen) atoms. The van der Waals surface area contributed by atoms with Crippen LogP contribution in [0.4, 0.5) is 5.82 Å². The molecule has 1 unspecified atom stereocenters. The zero-order chi connectivity index (χ0) is 18.9. The normalized spacial score (nSPS) is 20.4. The zero-order valence-corrected chi connectivity index (χ0v) is 15.8. The second kappa shape index (κ2) is 7.28. The Morgan fingerprint density at radius 2 is 2.21 bits per heavy atom. The number of carbonyl (C=O) groups is 1. The number of pyridine rings is 1. The molecule has 1 saturated heterocycles. The van der Waals surface area contributed by atoms with Crippen LogP contribution in [0.1, 0.15) is 48.2 Å². The number of hydrogen-bond donors (Lipinski definition) is 2. The third-order valence-corrected chi connectivity index (χ3v) is 5.92. The van der Waals surface area contributed by atoms with Crippen molar-refractivity contribution in [1.82, 2.24) is 14.9 Å². The number of hydrogen-bond acceptors (Lipinski definition) is 4. The molecule has 1 atom stereocenters. The molecule has 1 amide bonds. The fraction of sp³-hybridized carbons (Fsp3) is 0.364. The zero-order valence-electron chi connectivity index (χ0n) is 15.8. The van der Waals surface area contributed by atoms with Crippen molar-refractivity contribution in [1.29, 1.82) is 0 Å². The predicted octanol–water partition coefficient (Wildman–Crippen LogP) is 4.44. The van der Waals surface area contributed by atoms with Crippen molar-refractivity contribution in [3.05, 3.63) is 54.1 Å². The highest BCUT2D eigenvalue weighted by atomic mass is 16.3. The van der Waals surface area contributed by atoms with Gasteiger partial charge in [0, 0.05) is 24.3 Å². The van der Waals surface area contributed by atoms with Crippen LogP contribution in [0, 0.1) is 0 Å². The van der Waals surface area contributed by atoms with E-state index >= 15 is 0 Å². The molecule has 5 heterocycles. The highest BCUT2D eigenvalue weighted by Crippen LogP contribution is 2.33. The Bertz CT molecular complexity index is 1020. The lowest BCUT2D eigenvalue weighted by Crippen LogP contribution is -2.38. The fourth-order valence-corrected chi connectivity index (χ4v) is 4.42. The van der Waals surface area contributed by atoms with E-state index in [0.717, 1.165) is 29.6 Å². The first-order chi connectivity index (χ1) is 13.8. The van der Waals surface area contributed by atoms with Crippen LogP contribution in [0.15, 0.2) is 47.2 Å². The number of nitrogens with one attached hydrogen (secondary N) is 2. The van der Waals surface area contributed by atoms with Crippen LogP contribution in [0.3, 0.4) is 0 Å². The maximum absolute atomic E-state index is 12.3. The first-order valence-corrected chi connectivity index (χ1v) is 10.0. The van der Waals surface area contributed by atoms with E-state index in [1.807, 2.05) is 18.3 Å². The molecule has 1 fully saturated rings. The highest BCUT2D eigenvalue weighted by molar-refractivity contribution is 6.02. The van der Waals surface area contributed by atoms with E-state index in [2.05, 4.69) is 21.3 Å². The van der Waals surface area contributed by atoms with Crippen LogP contribution in [0.2, 0.25) is 0 Å². The van der Waals surface area contributed by atoms with Gasteiger partial charge < -0.3 is 14.7 Å². The molecule has 0 aromatic carbocycles. The SMILES string of the molecule is O=C(Nc1ccc2[nH]cc(C3=CCN4CCCCC4CC3)c2n1)c1ccco1. The summed E-state index contributed by atoms with van der Waals surface area (Å²) in [4.78, 5) is 22.9. The van der Waals surface area contributed by atoms with E-state index in [9.17, 15) is 4.79 Å². The van der Waals surface area contributed by atoms with E-state index in [4.69, 9.17) is 9.40 Å². The van der Waals surface area contributed by atoms with E-state index in [1.54, 1.807) is 12.1 Å². The van der Waals surface area contributed by atoms with Gasteiger partial charge in [0.05, 0.1) is 17.3 Å². The quantitative estimate of drug-likeness (QED) is 0.709. The Hall–Kier alpha value is -2.86. The molecule has 2 aliphatic rings. The summed E-state index contributed by atoms with van der Waals surface area (Å²) >= 11 is 0. The van der Waals surface area contributed by atoms with Gasteiger partial charge in [0.15, 0.2) is 5.76 Å². The average molecular weight is 376 g/mol. The summed E-state index contributed by atoms with van der Waals surface area (Å²) in [5.74, 6) is 0.514. The second-order valence-corrected chi connectivity index (χ2v) is 7.64. The lowest BCUT2D eigenvalue weighted by Gasteiger charge is -2.33. The van der Waals surface area contributed by atoms with Gasteiger partial charge in [-0.15, -0.1) is 0 Å². The maximum atomic E-state index is 12.3. The van der Waals surface area contributed by atoms with Crippen molar-refractivity contribution in [2.75, 3.05) is 18.4 Å². The van der Waals surface area contributed by atoms with Gasteiger partial charge in [-0.05, 0) is 62.1 Å². The van der Waals surface area contributed by atoms with Crippen molar-refractivity contribution in [3.8, 4) is 0 Å². The topological polar surface area (TPSA) is 74.2 Å². The third kappa shape index (κ3) is 3.24. The minimum Gasteiger partial charge on any atom is -0.459 e. The van der Waals surface area contributed by atoms with Gasteiger partial charge in [-0.2, -0.15) is 0 Å². The van der Waals surface area contributed by atoms with Crippen molar-refractivity contribution in [2.24, 2.45) is 0 Å². The van der Waals surface area contributed by atoms with Crippen molar-refractivity contribution < 1.29 is 9.21 Å². The summed E-state index contributed by atoms with van der Waals surface area (Å²) in [5.41, 5.74) is 4.38. The molecule has 3 aromatic heterocycles. The van der Waals surface area contributed by atoms with Gasteiger partial charge in [0.1, 0.15) is 5.82 Å². The van der Waals surface area contributed by atoms with Crippen LogP contribution in [-0.4, -0.2) is 39.9 Å². The molecule has 0 aliphatic carbocycles. The number of amides is 1. The molecule has 0 bridgehead atoms. The molecule has 3 aromatic rings. The summed E-state index contributed by atoms with van der Waals surface area (Å²) in [5, 5.41) is 2.82. The number of nitrogens with zero attached hydrogens (tertiary/aromatic N) is 2. The van der Waals surface area contributed by atoms with Gasteiger partial charge in [0.2, 0.25) is 0 Å². The number of furan rings is 1. The fourth-order valence-electron chi connectivity index (χ4n) is 4.42. The van der Waals surface area contributed by atoms with Crippen molar-refractivity contribution >= 4 is 28.3 Å². The van der Waals surface area contributed by atoms with Crippen molar-refractivity contribution in [2.45, 2.75) is 38.1 Å². The Morgan fingerprint density at radius 3 is 3.11 bits per heavy atom. The Labute approximate surface area is 163 Å². The van der Waals surface area contributed by atoms with Gasteiger partial charge in [-0.1, -0.05) is 12.5 Å². The van der Waals surface area contributed by atoms with Crippen LogP contribution in [0.25, 0.3) is 16.6 Å². The molecule has 0 spiro atoms. The lowest BCUT2D eigenvalue weighted by atomic mass is 9.96. The van der Waals surface area contributed by atoms with Gasteiger partial charge in [-0.3, -0.25) is 9.69 Å². The molecule has 2 N–H and O–H groups in total. The first kappa shape index (κ1) is 17.3. The van der Waals surface area contributed by atoms with Crippen LogP contribution >= 0.6 is 0 Å². The summed E-state index contributed by atoms with van der Waals surface area (Å²) in [6.45, 7) is 2.23. The number of anilines is 1. The van der Waals surface area contributed by atoms with E-state index in [-0.39, 0.29) is 11.7 Å². The number of allylic oxidation sites excluding steroid dienone is 1. The standard InChI is InChI=1S/C22H24N4O2/c27-22(19-5-3-13-28-19)25-20-9-8-18-21(24-20)17(14-23-18)15-6-7-16-4-1-2-11-26(16)12-10-15/h3,5,8-10,13-14,16,23H,1-2,4,6-7,11-12H2,(H,24,25,27). The molecule has 0 radical (unpaired) electrons. The third-order valence-electron chi connectivity index (χ3n) is 5.92. The molecule has 5 rings (SSSR count). The summed E-state index contributed by atoms with van der Waals surface area (Å²) in [6.07, 6.45) is 12.1. The number of carbonyl (C=O) groups excluding carboxylic acids is 1. The Morgan fingerprint density at radius 1 is 1.25 bits per heavy atom. The minimum atomic E-state index is -0.292. The van der Waals surface area contributed by atoms with E-state index in [1.165, 1.54) is 44.1 Å². The first-order valence-electron chi connectivity index (χ1n) is 10.0.